The van der Waals surface area contributed by atoms with Crippen LogP contribution < -0.4 is 5.32 Å². The van der Waals surface area contributed by atoms with E-state index in [9.17, 15) is 9.59 Å². The molecule has 0 aliphatic heterocycles. The Morgan fingerprint density at radius 2 is 2.00 bits per heavy atom. The third-order valence-corrected chi connectivity index (χ3v) is 2.85. The molecule has 0 unspecified atom stereocenters. The highest BCUT2D eigenvalue weighted by molar-refractivity contribution is 8.00. The number of amides is 1. The molecule has 1 aliphatic carbocycles. The fraction of sp³-hybridized carbons (Fsp3) is 0.750. The summed E-state index contributed by atoms with van der Waals surface area (Å²) in [6, 6.07) is 0.0722. The average molecular weight is 219 g/mol. The van der Waals surface area contributed by atoms with Crippen LogP contribution in [-0.2, 0) is 9.59 Å². The Hall–Kier alpha value is -0.750. The van der Waals surface area contributed by atoms with Gasteiger partial charge in [0.25, 0.3) is 0 Å². The molecule has 5 nitrogen and oxygen atoms in total. The quantitative estimate of drug-likeness (QED) is 0.577. The number of rotatable bonds is 5. The third-order valence-electron chi connectivity index (χ3n) is 1.94. The number of carboxylic acid groups (broad SMARTS) is 1. The van der Waals surface area contributed by atoms with Gasteiger partial charge in [-0.05, 0) is 12.8 Å². The first-order chi connectivity index (χ1) is 6.58. The second kappa shape index (κ2) is 5.21. The zero-order valence-corrected chi connectivity index (χ0v) is 8.42. The van der Waals surface area contributed by atoms with Gasteiger partial charge in [-0.15, -0.1) is 11.8 Å². The van der Waals surface area contributed by atoms with Gasteiger partial charge < -0.3 is 15.5 Å². The number of aliphatic carboxylic acids is 1. The maximum Gasteiger partial charge on any atom is 0.313 e. The van der Waals surface area contributed by atoms with Crippen molar-refractivity contribution in [1.82, 2.24) is 5.32 Å². The molecule has 1 rings (SSSR count). The fourth-order valence-corrected chi connectivity index (χ4v) is 1.75. The number of aliphatic hydroxyl groups is 1. The molecular formula is C8H13NO4S. The molecule has 1 saturated carbocycles. The Bertz CT molecular complexity index is 227. The molecule has 0 aromatic heterocycles. The molecule has 1 aliphatic rings. The van der Waals surface area contributed by atoms with Crippen LogP contribution in [-0.4, -0.2) is 45.7 Å². The SMILES string of the molecule is O=C(O)CSCC(=O)NC1CC(O)C1. The summed E-state index contributed by atoms with van der Waals surface area (Å²) in [6.45, 7) is 0. The first-order valence-corrected chi connectivity index (χ1v) is 5.50. The predicted octanol–water partition coefficient (Wildman–Crippen LogP) is -0.556. The molecule has 0 atom stereocenters. The van der Waals surface area contributed by atoms with Crippen molar-refractivity contribution in [3.8, 4) is 0 Å². The highest BCUT2D eigenvalue weighted by Crippen LogP contribution is 2.19. The van der Waals surface area contributed by atoms with Gasteiger partial charge in [0.1, 0.15) is 0 Å². The number of nitrogens with one attached hydrogen (secondary N) is 1. The largest absolute Gasteiger partial charge is 0.481 e. The van der Waals surface area contributed by atoms with Crippen molar-refractivity contribution < 1.29 is 19.8 Å². The standard InChI is InChI=1S/C8H13NO4S/c10-6-1-5(2-6)9-7(11)3-14-4-8(12)13/h5-6,10H,1-4H2,(H,9,11)(H,12,13). The van der Waals surface area contributed by atoms with Crippen molar-refractivity contribution in [3.63, 3.8) is 0 Å². The van der Waals surface area contributed by atoms with Crippen LogP contribution in [0.5, 0.6) is 0 Å². The molecule has 0 radical (unpaired) electrons. The summed E-state index contributed by atoms with van der Waals surface area (Å²) in [6.07, 6.45) is 0.928. The highest BCUT2D eigenvalue weighted by Gasteiger charge is 2.28. The number of hydrogen-bond acceptors (Lipinski definition) is 4. The van der Waals surface area contributed by atoms with Crippen LogP contribution in [0.2, 0.25) is 0 Å². The van der Waals surface area contributed by atoms with Crippen LogP contribution in [0.1, 0.15) is 12.8 Å². The van der Waals surface area contributed by atoms with Crippen molar-refractivity contribution >= 4 is 23.6 Å². The van der Waals surface area contributed by atoms with Gasteiger partial charge in [-0.25, -0.2) is 0 Å². The summed E-state index contributed by atoms with van der Waals surface area (Å²) in [5.41, 5.74) is 0. The third kappa shape index (κ3) is 3.97. The van der Waals surface area contributed by atoms with Gasteiger partial charge in [-0.1, -0.05) is 0 Å². The molecule has 80 valence electrons. The van der Waals surface area contributed by atoms with Gasteiger partial charge in [0.05, 0.1) is 17.6 Å². The predicted molar refractivity (Wildman–Crippen MR) is 52.1 cm³/mol. The fourth-order valence-electron chi connectivity index (χ4n) is 1.21. The molecule has 0 saturated heterocycles. The van der Waals surface area contributed by atoms with Crippen LogP contribution in [0, 0.1) is 0 Å². The molecule has 0 aromatic carbocycles. The maximum absolute atomic E-state index is 11.1. The van der Waals surface area contributed by atoms with E-state index in [1.807, 2.05) is 0 Å². The molecule has 0 spiro atoms. The number of carbonyl (C=O) groups is 2. The molecular weight excluding hydrogens is 206 g/mol. The van der Waals surface area contributed by atoms with Gasteiger partial charge in [0.15, 0.2) is 0 Å². The summed E-state index contributed by atoms with van der Waals surface area (Å²) < 4.78 is 0. The molecule has 1 fully saturated rings. The lowest BCUT2D eigenvalue weighted by atomic mass is 9.89. The second-order valence-corrected chi connectivity index (χ2v) is 4.26. The van der Waals surface area contributed by atoms with E-state index in [0.717, 1.165) is 11.8 Å². The van der Waals surface area contributed by atoms with Crippen LogP contribution in [0.15, 0.2) is 0 Å². The number of carboxylic acids is 1. The Morgan fingerprint density at radius 3 is 2.50 bits per heavy atom. The Kier molecular flexibility index (Phi) is 4.21. The normalized spacial score (nSPS) is 25.2. The first kappa shape index (κ1) is 11.3. The van der Waals surface area contributed by atoms with Gasteiger partial charge in [0.2, 0.25) is 5.91 Å². The van der Waals surface area contributed by atoms with E-state index < -0.39 is 5.97 Å². The van der Waals surface area contributed by atoms with Gasteiger partial charge >= 0.3 is 5.97 Å². The highest BCUT2D eigenvalue weighted by atomic mass is 32.2. The molecule has 0 heterocycles. The summed E-state index contributed by atoms with van der Waals surface area (Å²) in [4.78, 5) is 21.3. The maximum atomic E-state index is 11.1. The Balaban J connectivity index is 2.02. The van der Waals surface area contributed by atoms with Gasteiger partial charge in [-0.2, -0.15) is 0 Å². The van der Waals surface area contributed by atoms with E-state index in [4.69, 9.17) is 10.2 Å². The minimum absolute atomic E-state index is 0.0548. The van der Waals surface area contributed by atoms with Crippen LogP contribution >= 0.6 is 11.8 Å². The molecule has 1 amide bonds. The van der Waals surface area contributed by atoms with Crippen molar-refractivity contribution in [2.24, 2.45) is 0 Å². The summed E-state index contributed by atoms with van der Waals surface area (Å²) >= 11 is 1.07. The minimum Gasteiger partial charge on any atom is -0.481 e. The van der Waals surface area contributed by atoms with Crippen LogP contribution in [0.4, 0.5) is 0 Å². The number of thioether (sulfide) groups is 1. The average Bonchev–Trinajstić information content (AvgIpc) is 2.00. The molecule has 3 N–H and O–H groups in total. The van der Waals surface area contributed by atoms with Crippen molar-refractivity contribution in [2.45, 2.75) is 25.0 Å². The smallest absolute Gasteiger partial charge is 0.313 e. The topological polar surface area (TPSA) is 86.6 Å². The zero-order chi connectivity index (χ0) is 10.6. The zero-order valence-electron chi connectivity index (χ0n) is 7.60. The van der Waals surface area contributed by atoms with E-state index in [1.54, 1.807) is 0 Å². The molecule has 14 heavy (non-hydrogen) atoms. The van der Waals surface area contributed by atoms with Crippen molar-refractivity contribution in [3.05, 3.63) is 0 Å². The number of aliphatic hydroxyl groups excluding tert-OH is 1. The van der Waals surface area contributed by atoms with E-state index in [-0.39, 0.29) is 29.6 Å². The van der Waals surface area contributed by atoms with E-state index in [0.29, 0.717) is 12.8 Å². The van der Waals surface area contributed by atoms with E-state index in [2.05, 4.69) is 5.32 Å². The Labute approximate surface area is 85.9 Å². The number of hydrogen-bond donors (Lipinski definition) is 3. The van der Waals surface area contributed by atoms with Crippen molar-refractivity contribution in [2.75, 3.05) is 11.5 Å². The van der Waals surface area contributed by atoms with Gasteiger partial charge in [0, 0.05) is 6.04 Å². The minimum atomic E-state index is -0.915. The summed E-state index contributed by atoms with van der Waals surface area (Å²) in [5, 5.41) is 20.0. The lowest BCUT2D eigenvalue weighted by Gasteiger charge is -2.31. The van der Waals surface area contributed by atoms with Crippen LogP contribution in [0.25, 0.3) is 0 Å². The first-order valence-electron chi connectivity index (χ1n) is 4.35. The lowest BCUT2D eigenvalue weighted by molar-refractivity contribution is -0.133. The van der Waals surface area contributed by atoms with E-state index >= 15 is 0 Å². The van der Waals surface area contributed by atoms with Gasteiger partial charge in [-0.3, -0.25) is 9.59 Å². The summed E-state index contributed by atoms with van der Waals surface area (Å²) in [7, 11) is 0. The number of carbonyl (C=O) groups excluding carboxylic acids is 1. The second-order valence-electron chi connectivity index (χ2n) is 3.28. The van der Waals surface area contributed by atoms with Crippen molar-refractivity contribution in [1.29, 1.82) is 0 Å². The molecule has 0 aromatic rings. The Morgan fingerprint density at radius 1 is 1.36 bits per heavy atom. The monoisotopic (exact) mass is 219 g/mol. The molecule has 6 heteroatoms. The summed E-state index contributed by atoms with van der Waals surface area (Å²) in [5.74, 6) is -0.963. The van der Waals surface area contributed by atoms with Crippen LogP contribution in [0.3, 0.4) is 0 Å². The van der Waals surface area contributed by atoms with E-state index in [1.165, 1.54) is 0 Å². The molecule has 0 bridgehead atoms. The lowest BCUT2D eigenvalue weighted by Crippen LogP contribution is -2.47.